The predicted octanol–water partition coefficient (Wildman–Crippen LogP) is 4.32. The van der Waals surface area contributed by atoms with Crippen molar-refractivity contribution in [3.05, 3.63) is 96.1 Å². The van der Waals surface area contributed by atoms with Crippen molar-refractivity contribution in [1.29, 1.82) is 0 Å². The Morgan fingerprint density at radius 2 is 1.33 bits per heavy atom. The van der Waals surface area contributed by atoms with E-state index in [1.54, 1.807) is 0 Å². The summed E-state index contributed by atoms with van der Waals surface area (Å²) >= 11 is 0. The molecular weight excluding hydrogens is 372 g/mol. The Kier molecular flexibility index (Phi) is 6.23. The van der Waals surface area contributed by atoms with E-state index in [-0.39, 0.29) is 11.8 Å². The Morgan fingerprint density at radius 1 is 0.767 bits per heavy atom. The highest BCUT2D eigenvalue weighted by atomic mass is 16.2. The summed E-state index contributed by atoms with van der Waals surface area (Å²) in [5, 5.41) is 2.99. The first-order valence-corrected chi connectivity index (χ1v) is 10.5. The van der Waals surface area contributed by atoms with Gasteiger partial charge < -0.3 is 10.2 Å². The first kappa shape index (κ1) is 19.9. The van der Waals surface area contributed by atoms with Gasteiger partial charge in [-0.05, 0) is 41.7 Å². The summed E-state index contributed by atoms with van der Waals surface area (Å²) < 4.78 is 0. The van der Waals surface area contributed by atoms with Crippen LogP contribution in [-0.2, 0) is 11.2 Å². The Hall–Kier alpha value is -3.40. The van der Waals surface area contributed by atoms with Crippen LogP contribution in [0.1, 0.15) is 28.8 Å². The zero-order valence-corrected chi connectivity index (χ0v) is 17.0. The Bertz CT molecular complexity index is 979. The molecule has 2 amide bonds. The van der Waals surface area contributed by atoms with Crippen LogP contribution >= 0.6 is 0 Å². The van der Waals surface area contributed by atoms with E-state index < -0.39 is 6.04 Å². The molecule has 1 fully saturated rings. The van der Waals surface area contributed by atoms with Crippen molar-refractivity contribution in [2.75, 3.05) is 13.1 Å². The fraction of sp³-hybridized carbons (Fsp3) is 0.231. The molecule has 1 N–H and O–H groups in total. The Balaban J connectivity index is 1.50. The second kappa shape index (κ2) is 9.40. The molecule has 4 rings (SSSR count). The van der Waals surface area contributed by atoms with E-state index in [9.17, 15) is 9.59 Å². The third-order valence-electron chi connectivity index (χ3n) is 5.56. The summed E-state index contributed by atoms with van der Waals surface area (Å²) in [6.45, 7) is 1.54. The lowest BCUT2D eigenvalue weighted by Gasteiger charge is -2.24. The molecule has 1 saturated heterocycles. The van der Waals surface area contributed by atoms with Crippen molar-refractivity contribution in [2.45, 2.75) is 25.3 Å². The highest BCUT2D eigenvalue weighted by Crippen LogP contribution is 2.19. The summed E-state index contributed by atoms with van der Waals surface area (Å²) in [4.78, 5) is 27.9. The number of likely N-dealkylation sites (tertiary alicyclic amines) is 1. The van der Waals surface area contributed by atoms with Crippen molar-refractivity contribution in [1.82, 2.24) is 10.2 Å². The molecule has 0 bridgehead atoms. The number of rotatable bonds is 6. The van der Waals surface area contributed by atoms with Gasteiger partial charge in [-0.2, -0.15) is 0 Å². The van der Waals surface area contributed by atoms with Crippen molar-refractivity contribution < 1.29 is 9.59 Å². The van der Waals surface area contributed by atoms with E-state index >= 15 is 0 Å². The molecule has 30 heavy (non-hydrogen) atoms. The normalized spacial score (nSPS) is 14.3. The number of hydrogen-bond acceptors (Lipinski definition) is 2. The molecule has 1 aliphatic heterocycles. The minimum atomic E-state index is -0.563. The van der Waals surface area contributed by atoms with Crippen molar-refractivity contribution in [3.8, 4) is 11.1 Å². The first-order valence-electron chi connectivity index (χ1n) is 10.5. The van der Waals surface area contributed by atoms with Crippen LogP contribution < -0.4 is 5.32 Å². The van der Waals surface area contributed by atoms with Gasteiger partial charge in [-0.25, -0.2) is 0 Å². The van der Waals surface area contributed by atoms with Crippen LogP contribution in [0.25, 0.3) is 11.1 Å². The topological polar surface area (TPSA) is 49.4 Å². The number of carbonyl (C=O) groups excluding carboxylic acids is 2. The molecule has 0 aliphatic carbocycles. The van der Waals surface area contributed by atoms with E-state index in [0.29, 0.717) is 12.0 Å². The molecule has 1 aliphatic rings. The van der Waals surface area contributed by atoms with Gasteiger partial charge in [0.1, 0.15) is 6.04 Å². The number of hydrogen-bond donors (Lipinski definition) is 1. The number of carbonyl (C=O) groups is 2. The zero-order valence-electron chi connectivity index (χ0n) is 17.0. The molecule has 4 heteroatoms. The fourth-order valence-corrected chi connectivity index (χ4v) is 3.89. The summed E-state index contributed by atoms with van der Waals surface area (Å²) in [7, 11) is 0. The SMILES string of the molecule is O=C(NC(Cc1ccccc1)C(=O)N1CCCC1)c1ccc(-c2ccccc2)cc1. The van der Waals surface area contributed by atoms with Crippen molar-refractivity contribution in [3.63, 3.8) is 0 Å². The molecule has 3 aromatic carbocycles. The molecule has 1 unspecified atom stereocenters. The second-order valence-electron chi connectivity index (χ2n) is 7.69. The second-order valence-corrected chi connectivity index (χ2v) is 7.69. The number of nitrogens with zero attached hydrogens (tertiary/aromatic N) is 1. The molecule has 0 spiro atoms. The van der Waals surface area contributed by atoms with Gasteiger partial charge in [-0.15, -0.1) is 0 Å². The van der Waals surface area contributed by atoms with Gasteiger partial charge >= 0.3 is 0 Å². The number of nitrogens with one attached hydrogen (secondary N) is 1. The maximum absolute atomic E-state index is 13.1. The summed E-state index contributed by atoms with van der Waals surface area (Å²) in [6.07, 6.45) is 2.54. The van der Waals surface area contributed by atoms with Crippen LogP contribution in [0, 0.1) is 0 Å². The van der Waals surface area contributed by atoms with Gasteiger partial charge in [0.05, 0.1) is 0 Å². The minimum Gasteiger partial charge on any atom is -0.341 e. The third kappa shape index (κ3) is 4.77. The van der Waals surface area contributed by atoms with Crippen LogP contribution in [0.5, 0.6) is 0 Å². The lowest BCUT2D eigenvalue weighted by molar-refractivity contribution is -0.132. The maximum atomic E-state index is 13.1. The molecule has 1 heterocycles. The van der Waals surface area contributed by atoms with Gasteiger partial charge in [-0.1, -0.05) is 72.8 Å². The quantitative estimate of drug-likeness (QED) is 0.672. The molecule has 0 radical (unpaired) electrons. The third-order valence-corrected chi connectivity index (χ3v) is 5.56. The van der Waals surface area contributed by atoms with Crippen molar-refractivity contribution >= 4 is 11.8 Å². The van der Waals surface area contributed by atoms with Gasteiger partial charge in [0.15, 0.2) is 0 Å². The van der Waals surface area contributed by atoms with Crippen molar-refractivity contribution in [2.24, 2.45) is 0 Å². The monoisotopic (exact) mass is 398 g/mol. The predicted molar refractivity (Wildman–Crippen MR) is 119 cm³/mol. The molecule has 152 valence electrons. The van der Waals surface area contributed by atoms with E-state index in [1.165, 1.54) is 0 Å². The highest BCUT2D eigenvalue weighted by Gasteiger charge is 2.28. The molecule has 1 atom stereocenters. The first-order chi connectivity index (χ1) is 14.7. The summed E-state index contributed by atoms with van der Waals surface area (Å²) in [5.41, 5.74) is 3.76. The molecule has 0 aromatic heterocycles. The lowest BCUT2D eigenvalue weighted by atomic mass is 10.0. The van der Waals surface area contributed by atoms with Crippen LogP contribution in [0.2, 0.25) is 0 Å². The van der Waals surface area contributed by atoms with Crippen LogP contribution in [0.15, 0.2) is 84.9 Å². The maximum Gasteiger partial charge on any atom is 0.251 e. The van der Waals surface area contributed by atoms with E-state index in [4.69, 9.17) is 0 Å². The smallest absolute Gasteiger partial charge is 0.251 e. The number of amides is 2. The summed E-state index contributed by atoms with van der Waals surface area (Å²) in [6, 6.07) is 26.9. The minimum absolute atomic E-state index is 0.00519. The average Bonchev–Trinajstić information content (AvgIpc) is 3.34. The van der Waals surface area contributed by atoms with E-state index in [0.717, 1.165) is 42.6 Å². The van der Waals surface area contributed by atoms with Crippen LogP contribution in [0.4, 0.5) is 0 Å². The Morgan fingerprint density at radius 3 is 1.97 bits per heavy atom. The van der Waals surface area contributed by atoms with Crippen LogP contribution in [-0.4, -0.2) is 35.8 Å². The molecule has 3 aromatic rings. The van der Waals surface area contributed by atoms with Gasteiger partial charge in [0.2, 0.25) is 5.91 Å². The fourth-order valence-electron chi connectivity index (χ4n) is 3.89. The largest absolute Gasteiger partial charge is 0.341 e. The average molecular weight is 399 g/mol. The van der Waals surface area contributed by atoms with Crippen LogP contribution in [0.3, 0.4) is 0 Å². The molecular formula is C26H26N2O2. The van der Waals surface area contributed by atoms with Gasteiger partial charge in [0.25, 0.3) is 5.91 Å². The molecule has 4 nitrogen and oxygen atoms in total. The molecule has 0 saturated carbocycles. The van der Waals surface area contributed by atoms with E-state index in [1.807, 2.05) is 89.8 Å². The van der Waals surface area contributed by atoms with Gasteiger partial charge in [0, 0.05) is 25.1 Å². The summed E-state index contributed by atoms with van der Waals surface area (Å²) in [5.74, 6) is -0.214. The van der Waals surface area contributed by atoms with E-state index in [2.05, 4.69) is 5.32 Å². The van der Waals surface area contributed by atoms with Gasteiger partial charge in [-0.3, -0.25) is 9.59 Å². The Labute approximate surface area is 177 Å². The zero-order chi connectivity index (χ0) is 20.8. The lowest BCUT2D eigenvalue weighted by Crippen LogP contribution is -2.49. The highest BCUT2D eigenvalue weighted by molar-refractivity contribution is 5.98. The number of benzene rings is 3. The standard InChI is InChI=1S/C26H26N2O2/c29-25(23-15-13-22(14-16-23)21-11-5-2-6-12-21)27-24(19-20-9-3-1-4-10-20)26(30)28-17-7-8-18-28/h1-6,9-16,24H,7-8,17-19H2,(H,27,29).